The molecular weight excluding hydrogens is 264 g/mol. The fourth-order valence-electron chi connectivity index (χ4n) is 1.52. The summed E-state index contributed by atoms with van der Waals surface area (Å²) in [5.41, 5.74) is 2.12. The highest BCUT2D eigenvalue weighted by atomic mass is 35.5. The molecule has 2 rings (SSSR count). The molecule has 100 valence electrons. The van der Waals surface area contributed by atoms with Crippen LogP contribution in [0.3, 0.4) is 0 Å². The molecule has 8 heteroatoms. The number of halogens is 3. The van der Waals surface area contributed by atoms with E-state index in [1.807, 2.05) is 13.1 Å². The molecular formula is C10H14ClF2N5. The largest absolute Gasteiger partial charge is 0.377 e. The van der Waals surface area contributed by atoms with E-state index in [4.69, 9.17) is 0 Å². The summed E-state index contributed by atoms with van der Waals surface area (Å²) < 4.78 is 27.2. The Morgan fingerprint density at radius 3 is 2.67 bits per heavy atom. The smallest absolute Gasteiger partial charge is 0.333 e. The summed E-state index contributed by atoms with van der Waals surface area (Å²) in [5, 5.41) is 10.8. The first-order valence-corrected chi connectivity index (χ1v) is 5.12. The minimum atomic E-state index is -2.61. The fraction of sp³-hybridized carbons (Fsp3) is 0.400. The lowest BCUT2D eigenvalue weighted by atomic mass is 10.3. The Labute approximate surface area is 109 Å². The van der Waals surface area contributed by atoms with E-state index in [0.29, 0.717) is 22.6 Å². The summed E-state index contributed by atoms with van der Waals surface area (Å²) in [6, 6.07) is 1.86. The van der Waals surface area contributed by atoms with Crippen molar-refractivity contribution in [3.05, 3.63) is 29.8 Å². The molecule has 0 fully saturated rings. The van der Waals surface area contributed by atoms with E-state index < -0.39 is 6.55 Å². The van der Waals surface area contributed by atoms with Gasteiger partial charge in [0.25, 0.3) is 0 Å². The number of anilines is 1. The zero-order valence-corrected chi connectivity index (χ0v) is 10.8. The van der Waals surface area contributed by atoms with Gasteiger partial charge in [-0.15, -0.1) is 12.4 Å². The number of nitrogens with one attached hydrogen (secondary N) is 1. The molecule has 0 atom stereocenters. The third-order valence-corrected chi connectivity index (χ3v) is 2.50. The molecule has 0 aromatic carbocycles. The van der Waals surface area contributed by atoms with E-state index >= 15 is 0 Å². The molecule has 0 saturated carbocycles. The van der Waals surface area contributed by atoms with Gasteiger partial charge in [0, 0.05) is 13.2 Å². The Hall–Kier alpha value is -1.63. The van der Waals surface area contributed by atoms with Crippen LogP contribution in [0.4, 0.5) is 14.5 Å². The van der Waals surface area contributed by atoms with Gasteiger partial charge in [-0.2, -0.15) is 19.0 Å². The second-order valence-corrected chi connectivity index (χ2v) is 3.69. The van der Waals surface area contributed by atoms with E-state index in [1.54, 1.807) is 17.8 Å². The number of hydrogen-bond acceptors (Lipinski definition) is 3. The SMILES string of the molecule is Cc1nn(C(F)F)cc1NCc1ccnn1C.Cl. The van der Waals surface area contributed by atoms with Crippen molar-refractivity contribution in [1.82, 2.24) is 19.6 Å². The van der Waals surface area contributed by atoms with Gasteiger partial charge < -0.3 is 5.32 Å². The lowest BCUT2D eigenvalue weighted by Crippen LogP contribution is -2.05. The molecule has 0 saturated heterocycles. The van der Waals surface area contributed by atoms with Crippen LogP contribution in [-0.4, -0.2) is 19.6 Å². The Bertz CT molecular complexity index is 508. The topological polar surface area (TPSA) is 47.7 Å². The molecule has 5 nitrogen and oxygen atoms in total. The van der Waals surface area contributed by atoms with Crippen molar-refractivity contribution >= 4 is 18.1 Å². The van der Waals surface area contributed by atoms with Gasteiger partial charge in [0.05, 0.1) is 29.8 Å². The maximum absolute atomic E-state index is 12.4. The molecule has 1 N–H and O–H groups in total. The summed E-state index contributed by atoms with van der Waals surface area (Å²) in [5.74, 6) is 0. The summed E-state index contributed by atoms with van der Waals surface area (Å²) in [6.07, 6.45) is 2.99. The van der Waals surface area contributed by atoms with Gasteiger partial charge in [0.2, 0.25) is 0 Å². The van der Waals surface area contributed by atoms with Gasteiger partial charge in [-0.1, -0.05) is 0 Å². The summed E-state index contributed by atoms with van der Waals surface area (Å²) in [6.45, 7) is -0.405. The Morgan fingerprint density at radius 2 is 2.17 bits per heavy atom. The molecule has 0 aliphatic rings. The molecule has 0 amide bonds. The van der Waals surface area contributed by atoms with Crippen LogP contribution in [0.2, 0.25) is 0 Å². The van der Waals surface area contributed by atoms with Crippen LogP contribution in [-0.2, 0) is 13.6 Å². The van der Waals surface area contributed by atoms with Crippen molar-refractivity contribution in [2.75, 3.05) is 5.32 Å². The second-order valence-electron chi connectivity index (χ2n) is 3.69. The van der Waals surface area contributed by atoms with Crippen LogP contribution in [0.5, 0.6) is 0 Å². The lowest BCUT2D eigenvalue weighted by molar-refractivity contribution is 0.0563. The standard InChI is InChI=1S/C10H13F2N5.ClH/c1-7-9(6-17(15-7)10(11)12)13-5-8-3-4-14-16(8)2;/h3-4,6,10,13H,5H2,1-2H3;1H. The van der Waals surface area contributed by atoms with Gasteiger partial charge in [-0.05, 0) is 13.0 Å². The monoisotopic (exact) mass is 277 g/mol. The van der Waals surface area contributed by atoms with Crippen LogP contribution in [0.15, 0.2) is 18.5 Å². The molecule has 2 aromatic rings. The van der Waals surface area contributed by atoms with Gasteiger partial charge >= 0.3 is 6.55 Å². The zero-order chi connectivity index (χ0) is 12.4. The minimum absolute atomic E-state index is 0. The van der Waals surface area contributed by atoms with Crippen LogP contribution >= 0.6 is 12.4 Å². The average Bonchev–Trinajstić information content (AvgIpc) is 2.82. The maximum Gasteiger partial charge on any atom is 0.333 e. The molecule has 0 aliphatic heterocycles. The number of hydrogen-bond donors (Lipinski definition) is 1. The van der Waals surface area contributed by atoms with Crippen LogP contribution in [0, 0.1) is 6.92 Å². The highest BCUT2D eigenvalue weighted by Crippen LogP contribution is 2.18. The van der Waals surface area contributed by atoms with Crippen LogP contribution in [0.25, 0.3) is 0 Å². The van der Waals surface area contributed by atoms with Crippen LogP contribution in [0.1, 0.15) is 17.9 Å². The molecule has 0 spiro atoms. The molecule has 0 bridgehead atoms. The summed E-state index contributed by atoms with van der Waals surface area (Å²) in [7, 11) is 1.83. The second kappa shape index (κ2) is 5.81. The molecule has 0 aliphatic carbocycles. The van der Waals surface area contributed by atoms with E-state index in [1.165, 1.54) is 6.20 Å². The molecule has 2 aromatic heterocycles. The van der Waals surface area contributed by atoms with Crippen molar-refractivity contribution in [2.45, 2.75) is 20.0 Å². The van der Waals surface area contributed by atoms with Gasteiger partial charge in [0.15, 0.2) is 0 Å². The van der Waals surface area contributed by atoms with Gasteiger partial charge in [-0.25, -0.2) is 4.68 Å². The van der Waals surface area contributed by atoms with E-state index in [2.05, 4.69) is 15.5 Å². The highest BCUT2D eigenvalue weighted by Gasteiger charge is 2.11. The lowest BCUT2D eigenvalue weighted by Gasteiger charge is -2.04. The normalized spacial score (nSPS) is 10.5. The first-order valence-electron chi connectivity index (χ1n) is 5.12. The third kappa shape index (κ3) is 2.98. The number of aromatic nitrogens is 4. The van der Waals surface area contributed by atoms with Crippen molar-refractivity contribution in [3.63, 3.8) is 0 Å². The number of aryl methyl sites for hydroxylation is 2. The Morgan fingerprint density at radius 1 is 1.44 bits per heavy atom. The van der Waals surface area contributed by atoms with Gasteiger partial charge in [-0.3, -0.25) is 4.68 Å². The fourth-order valence-corrected chi connectivity index (χ4v) is 1.52. The predicted molar refractivity (Wildman–Crippen MR) is 66.0 cm³/mol. The quantitative estimate of drug-likeness (QED) is 0.933. The number of nitrogens with zero attached hydrogens (tertiary/aromatic N) is 4. The molecule has 0 radical (unpaired) electrons. The summed E-state index contributed by atoms with van der Waals surface area (Å²) in [4.78, 5) is 0. The number of alkyl halides is 2. The minimum Gasteiger partial charge on any atom is -0.377 e. The van der Waals surface area contributed by atoms with Crippen molar-refractivity contribution in [1.29, 1.82) is 0 Å². The van der Waals surface area contributed by atoms with E-state index in [9.17, 15) is 8.78 Å². The third-order valence-electron chi connectivity index (χ3n) is 2.50. The zero-order valence-electron chi connectivity index (χ0n) is 9.97. The molecule has 18 heavy (non-hydrogen) atoms. The first-order chi connectivity index (χ1) is 8.08. The summed E-state index contributed by atoms with van der Waals surface area (Å²) >= 11 is 0. The Kier molecular flexibility index (Phi) is 4.66. The van der Waals surface area contributed by atoms with Crippen molar-refractivity contribution < 1.29 is 8.78 Å². The van der Waals surface area contributed by atoms with Crippen molar-refractivity contribution in [3.8, 4) is 0 Å². The number of rotatable bonds is 4. The van der Waals surface area contributed by atoms with Gasteiger partial charge in [0.1, 0.15) is 0 Å². The highest BCUT2D eigenvalue weighted by molar-refractivity contribution is 5.85. The first kappa shape index (κ1) is 14.4. The van der Waals surface area contributed by atoms with Crippen LogP contribution < -0.4 is 5.32 Å². The van der Waals surface area contributed by atoms with E-state index in [0.717, 1.165) is 5.69 Å². The van der Waals surface area contributed by atoms with Crippen molar-refractivity contribution in [2.24, 2.45) is 7.05 Å². The predicted octanol–water partition coefficient (Wildman–Crippen LogP) is 2.35. The average molecular weight is 278 g/mol. The molecule has 2 heterocycles. The maximum atomic E-state index is 12.4. The van der Waals surface area contributed by atoms with E-state index in [-0.39, 0.29) is 12.4 Å². The molecule has 0 unspecified atom stereocenters. The Balaban J connectivity index is 0.00000162.